The highest BCUT2D eigenvalue weighted by Crippen LogP contribution is 2.18. The molecule has 0 saturated heterocycles. The van der Waals surface area contributed by atoms with Crippen LogP contribution in [0.15, 0.2) is 22.9 Å². The Bertz CT molecular complexity index is 487. The first-order valence-corrected chi connectivity index (χ1v) is 5.64. The molecular weight excluding hydrogens is 286 g/mol. The summed E-state index contributed by atoms with van der Waals surface area (Å²) >= 11 is 4.26. The van der Waals surface area contributed by atoms with Crippen molar-refractivity contribution in [3.63, 3.8) is 0 Å². The van der Waals surface area contributed by atoms with Gasteiger partial charge in [0.05, 0.1) is 0 Å². The second-order valence-corrected chi connectivity index (χ2v) is 4.39. The van der Waals surface area contributed by atoms with E-state index >= 15 is 0 Å². The van der Waals surface area contributed by atoms with Crippen LogP contribution in [0.1, 0.15) is 10.6 Å². The average Bonchev–Trinajstić information content (AvgIpc) is 2.59. The molecular formula is C9H5BrF2N2S. The van der Waals surface area contributed by atoms with Gasteiger partial charge in [0.25, 0.3) is 0 Å². The van der Waals surface area contributed by atoms with Crippen LogP contribution in [0.2, 0.25) is 0 Å². The van der Waals surface area contributed by atoms with Gasteiger partial charge < -0.3 is 0 Å². The predicted molar refractivity (Wildman–Crippen MR) is 56.8 cm³/mol. The highest BCUT2D eigenvalue weighted by molar-refractivity contribution is 9.10. The van der Waals surface area contributed by atoms with Crippen LogP contribution in [-0.2, 0) is 6.42 Å². The van der Waals surface area contributed by atoms with E-state index in [1.165, 1.54) is 12.1 Å². The molecule has 78 valence electrons. The lowest BCUT2D eigenvalue weighted by molar-refractivity contribution is 0.500. The number of hydrogen-bond donors (Lipinski definition) is 0. The third-order valence-electron chi connectivity index (χ3n) is 1.82. The molecule has 6 heteroatoms. The van der Waals surface area contributed by atoms with Gasteiger partial charge in [-0.1, -0.05) is 12.1 Å². The SMILES string of the molecule is Fc1cccc(Cc2nc(Br)ns2)c1F. The van der Waals surface area contributed by atoms with Crippen molar-refractivity contribution < 1.29 is 8.78 Å². The lowest BCUT2D eigenvalue weighted by atomic mass is 10.1. The minimum absolute atomic E-state index is 0.257. The second-order valence-electron chi connectivity index (χ2n) is 2.85. The molecule has 0 atom stereocenters. The summed E-state index contributed by atoms with van der Waals surface area (Å²) in [6.45, 7) is 0. The van der Waals surface area contributed by atoms with Crippen LogP contribution in [0.3, 0.4) is 0 Å². The normalized spacial score (nSPS) is 10.6. The van der Waals surface area contributed by atoms with E-state index in [-0.39, 0.29) is 6.42 Å². The first-order chi connectivity index (χ1) is 7.16. The molecule has 0 aliphatic carbocycles. The minimum atomic E-state index is -0.837. The van der Waals surface area contributed by atoms with Gasteiger partial charge in [0.2, 0.25) is 4.73 Å². The van der Waals surface area contributed by atoms with E-state index in [0.717, 1.165) is 17.6 Å². The third kappa shape index (κ3) is 2.38. The first kappa shape index (κ1) is 10.6. The van der Waals surface area contributed by atoms with Gasteiger partial charge in [0.1, 0.15) is 5.01 Å². The lowest BCUT2D eigenvalue weighted by Crippen LogP contribution is -1.94. The van der Waals surface area contributed by atoms with Gasteiger partial charge in [-0.2, -0.15) is 4.37 Å². The molecule has 1 aromatic carbocycles. The summed E-state index contributed by atoms with van der Waals surface area (Å²) in [6, 6.07) is 4.10. The zero-order valence-corrected chi connectivity index (χ0v) is 9.78. The fraction of sp³-hybridized carbons (Fsp3) is 0.111. The molecule has 0 unspecified atom stereocenters. The largest absolute Gasteiger partial charge is 0.214 e. The van der Waals surface area contributed by atoms with E-state index < -0.39 is 11.6 Å². The summed E-state index contributed by atoms with van der Waals surface area (Å²) in [5.41, 5.74) is 0.290. The molecule has 0 aliphatic heterocycles. The smallest absolute Gasteiger partial charge is 0.209 e. The molecule has 1 aromatic heterocycles. The van der Waals surface area contributed by atoms with E-state index in [4.69, 9.17) is 0 Å². The fourth-order valence-electron chi connectivity index (χ4n) is 1.15. The van der Waals surface area contributed by atoms with Crippen molar-refractivity contribution in [1.29, 1.82) is 0 Å². The van der Waals surface area contributed by atoms with Gasteiger partial charge in [0.15, 0.2) is 11.6 Å². The van der Waals surface area contributed by atoms with Crippen molar-refractivity contribution in [3.8, 4) is 0 Å². The zero-order chi connectivity index (χ0) is 10.8. The molecule has 0 amide bonds. The topological polar surface area (TPSA) is 25.8 Å². The standard InChI is InChI=1S/C9H5BrF2N2S/c10-9-13-7(15-14-9)4-5-2-1-3-6(11)8(5)12/h1-3H,4H2. The van der Waals surface area contributed by atoms with Gasteiger partial charge in [-0.15, -0.1) is 0 Å². The highest BCUT2D eigenvalue weighted by atomic mass is 79.9. The summed E-state index contributed by atoms with van der Waals surface area (Å²) < 4.78 is 30.5. The summed E-state index contributed by atoms with van der Waals surface area (Å²) in [6.07, 6.45) is 0.257. The molecule has 1 heterocycles. The van der Waals surface area contributed by atoms with Crippen molar-refractivity contribution in [2.24, 2.45) is 0 Å². The number of hydrogen-bond acceptors (Lipinski definition) is 3. The van der Waals surface area contributed by atoms with Crippen LogP contribution >= 0.6 is 27.5 Å². The number of nitrogens with zero attached hydrogens (tertiary/aromatic N) is 2. The lowest BCUT2D eigenvalue weighted by Gasteiger charge is -2.00. The van der Waals surface area contributed by atoms with E-state index in [1.807, 2.05) is 0 Å². The van der Waals surface area contributed by atoms with Crippen LogP contribution in [0.4, 0.5) is 8.78 Å². The number of rotatable bonds is 2. The molecule has 0 saturated carbocycles. The maximum atomic E-state index is 13.3. The Balaban J connectivity index is 2.28. The van der Waals surface area contributed by atoms with Crippen molar-refractivity contribution in [1.82, 2.24) is 9.36 Å². The number of halogens is 3. The summed E-state index contributed by atoms with van der Waals surface area (Å²) in [5, 5.41) is 0.645. The zero-order valence-electron chi connectivity index (χ0n) is 7.38. The summed E-state index contributed by atoms with van der Waals surface area (Å²) in [4.78, 5) is 4.01. The van der Waals surface area contributed by atoms with Gasteiger partial charge in [-0.05, 0) is 39.1 Å². The Hall–Kier alpha value is -0.880. The Morgan fingerprint density at radius 3 is 2.80 bits per heavy atom. The molecule has 0 spiro atoms. The Morgan fingerprint density at radius 1 is 1.33 bits per heavy atom. The molecule has 2 rings (SSSR count). The number of benzene rings is 1. The quantitative estimate of drug-likeness (QED) is 0.849. The molecule has 0 radical (unpaired) electrons. The van der Waals surface area contributed by atoms with Gasteiger partial charge in [-0.25, -0.2) is 13.8 Å². The van der Waals surface area contributed by atoms with Crippen molar-refractivity contribution in [3.05, 3.63) is 45.1 Å². The maximum absolute atomic E-state index is 13.3. The second kappa shape index (κ2) is 4.32. The monoisotopic (exact) mass is 290 g/mol. The van der Waals surface area contributed by atoms with Crippen LogP contribution in [0.25, 0.3) is 0 Å². The van der Waals surface area contributed by atoms with E-state index in [1.54, 1.807) is 0 Å². The summed E-state index contributed by atoms with van der Waals surface area (Å²) in [7, 11) is 0. The van der Waals surface area contributed by atoms with E-state index in [0.29, 0.717) is 15.3 Å². The summed E-state index contributed by atoms with van der Waals surface area (Å²) in [5.74, 6) is -1.65. The molecule has 2 aromatic rings. The highest BCUT2D eigenvalue weighted by Gasteiger charge is 2.10. The number of aromatic nitrogens is 2. The van der Waals surface area contributed by atoms with Gasteiger partial charge >= 0.3 is 0 Å². The van der Waals surface area contributed by atoms with Crippen LogP contribution in [0.5, 0.6) is 0 Å². The molecule has 15 heavy (non-hydrogen) atoms. The van der Waals surface area contributed by atoms with E-state index in [9.17, 15) is 8.78 Å². The van der Waals surface area contributed by atoms with Crippen molar-refractivity contribution in [2.45, 2.75) is 6.42 Å². The van der Waals surface area contributed by atoms with Gasteiger partial charge in [0, 0.05) is 6.42 Å². The third-order valence-corrected chi connectivity index (χ3v) is 3.12. The molecule has 0 N–H and O–H groups in total. The van der Waals surface area contributed by atoms with Crippen LogP contribution < -0.4 is 0 Å². The Morgan fingerprint density at radius 2 is 2.13 bits per heavy atom. The molecule has 0 fully saturated rings. The average molecular weight is 291 g/mol. The van der Waals surface area contributed by atoms with Crippen LogP contribution in [-0.4, -0.2) is 9.36 Å². The van der Waals surface area contributed by atoms with Crippen molar-refractivity contribution >= 4 is 27.5 Å². The predicted octanol–water partition coefficient (Wildman–Crippen LogP) is 3.17. The Labute approximate surface area is 97.3 Å². The molecule has 0 aliphatic rings. The Kier molecular flexibility index (Phi) is 3.06. The van der Waals surface area contributed by atoms with Gasteiger partial charge in [-0.3, -0.25) is 0 Å². The first-order valence-electron chi connectivity index (χ1n) is 4.08. The van der Waals surface area contributed by atoms with Crippen molar-refractivity contribution in [2.75, 3.05) is 0 Å². The van der Waals surface area contributed by atoms with Crippen LogP contribution in [0, 0.1) is 11.6 Å². The minimum Gasteiger partial charge on any atom is -0.214 e. The fourth-order valence-corrected chi connectivity index (χ4v) is 2.27. The van der Waals surface area contributed by atoms with E-state index in [2.05, 4.69) is 25.3 Å². The molecule has 0 bridgehead atoms. The molecule has 2 nitrogen and oxygen atoms in total. The maximum Gasteiger partial charge on any atom is 0.209 e.